The van der Waals surface area contributed by atoms with E-state index < -0.39 is 17.3 Å². The van der Waals surface area contributed by atoms with Crippen LogP contribution in [0.25, 0.3) is 0 Å². The van der Waals surface area contributed by atoms with E-state index in [1.54, 1.807) is 11.8 Å². The molecule has 0 radical (unpaired) electrons. The van der Waals surface area contributed by atoms with E-state index in [1.807, 2.05) is 20.8 Å². The van der Waals surface area contributed by atoms with Gasteiger partial charge in [0.25, 0.3) is 0 Å². The number of nitrogens with two attached hydrogens (primary N) is 1. The minimum atomic E-state index is -1.35. The molecule has 0 aromatic heterocycles. The first kappa shape index (κ1) is 14.2. The maximum Gasteiger partial charge on any atom is 0.410 e. The standard InChI is InChI=1S/C12H23FN2O2/c1-9(14)12(13)5-7-15(8-6-12)10(16)17-11(2,3)4/h9H,5-8,14H2,1-4H3. The van der Waals surface area contributed by atoms with Gasteiger partial charge in [-0.1, -0.05) is 0 Å². The zero-order valence-electron chi connectivity index (χ0n) is 11.1. The Kier molecular flexibility index (Phi) is 4.02. The van der Waals surface area contributed by atoms with Crippen molar-refractivity contribution in [1.29, 1.82) is 0 Å². The van der Waals surface area contributed by atoms with Crippen molar-refractivity contribution in [3.63, 3.8) is 0 Å². The van der Waals surface area contributed by atoms with Gasteiger partial charge in [0.2, 0.25) is 0 Å². The van der Waals surface area contributed by atoms with Gasteiger partial charge < -0.3 is 15.4 Å². The molecule has 1 heterocycles. The van der Waals surface area contributed by atoms with Crippen LogP contribution in [0, 0.1) is 0 Å². The van der Waals surface area contributed by atoms with Crippen LogP contribution < -0.4 is 5.73 Å². The summed E-state index contributed by atoms with van der Waals surface area (Å²) in [4.78, 5) is 13.3. The smallest absolute Gasteiger partial charge is 0.410 e. The fraction of sp³-hybridized carbons (Fsp3) is 0.917. The van der Waals surface area contributed by atoms with Crippen molar-refractivity contribution in [3.8, 4) is 0 Å². The van der Waals surface area contributed by atoms with Gasteiger partial charge in [0, 0.05) is 32.0 Å². The van der Waals surface area contributed by atoms with E-state index in [1.165, 1.54) is 0 Å². The Morgan fingerprint density at radius 3 is 2.24 bits per heavy atom. The topological polar surface area (TPSA) is 55.6 Å². The molecule has 1 atom stereocenters. The Balaban J connectivity index is 2.50. The number of carbonyl (C=O) groups excluding carboxylic acids is 1. The Labute approximate surface area is 102 Å². The minimum Gasteiger partial charge on any atom is -0.444 e. The van der Waals surface area contributed by atoms with Gasteiger partial charge in [0.05, 0.1) is 0 Å². The van der Waals surface area contributed by atoms with Gasteiger partial charge in [-0.3, -0.25) is 0 Å². The molecule has 17 heavy (non-hydrogen) atoms. The lowest BCUT2D eigenvalue weighted by molar-refractivity contribution is -0.00148. The highest BCUT2D eigenvalue weighted by Crippen LogP contribution is 2.29. The van der Waals surface area contributed by atoms with Crippen LogP contribution in [-0.2, 0) is 4.74 Å². The predicted molar refractivity (Wildman–Crippen MR) is 64.5 cm³/mol. The molecule has 0 aromatic rings. The quantitative estimate of drug-likeness (QED) is 0.770. The van der Waals surface area contributed by atoms with Crippen molar-refractivity contribution >= 4 is 6.09 Å². The molecule has 1 aliphatic rings. The summed E-state index contributed by atoms with van der Waals surface area (Å²) in [5.41, 5.74) is 3.75. The number of ether oxygens (including phenoxy) is 1. The lowest BCUT2D eigenvalue weighted by Gasteiger charge is -2.38. The van der Waals surface area contributed by atoms with Gasteiger partial charge in [0.1, 0.15) is 11.3 Å². The van der Waals surface area contributed by atoms with Gasteiger partial charge in [-0.05, 0) is 27.7 Å². The molecule has 4 nitrogen and oxygen atoms in total. The molecule has 1 saturated heterocycles. The van der Waals surface area contributed by atoms with Gasteiger partial charge in [-0.15, -0.1) is 0 Å². The largest absolute Gasteiger partial charge is 0.444 e. The molecule has 0 aliphatic carbocycles. The summed E-state index contributed by atoms with van der Waals surface area (Å²) in [6.45, 7) is 7.85. The van der Waals surface area contributed by atoms with Crippen molar-refractivity contribution in [2.75, 3.05) is 13.1 Å². The zero-order valence-corrected chi connectivity index (χ0v) is 11.1. The molecule has 2 N–H and O–H groups in total. The van der Waals surface area contributed by atoms with Crippen LogP contribution in [0.2, 0.25) is 0 Å². The highest BCUT2D eigenvalue weighted by Gasteiger charge is 2.39. The average molecular weight is 246 g/mol. The zero-order chi connectivity index (χ0) is 13.3. The number of likely N-dealkylation sites (tertiary alicyclic amines) is 1. The fourth-order valence-corrected chi connectivity index (χ4v) is 1.84. The number of amides is 1. The maximum absolute atomic E-state index is 14.2. The van der Waals surface area contributed by atoms with Crippen LogP contribution in [0.3, 0.4) is 0 Å². The molecule has 0 aromatic carbocycles. The van der Waals surface area contributed by atoms with Gasteiger partial charge in [0.15, 0.2) is 0 Å². The molecular weight excluding hydrogens is 223 g/mol. The van der Waals surface area contributed by atoms with Crippen LogP contribution in [0.15, 0.2) is 0 Å². The van der Waals surface area contributed by atoms with Crippen molar-refractivity contribution < 1.29 is 13.9 Å². The normalized spacial score (nSPS) is 22.1. The number of carbonyl (C=O) groups is 1. The molecule has 1 unspecified atom stereocenters. The van der Waals surface area contributed by atoms with Crippen molar-refractivity contribution in [1.82, 2.24) is 4.90 Å². The highest BCUT2D eigenvalue weighted by molar-refractivity contribution is 5.68. The van der Waals surface area contributed by atoms with Crippen LogP contribution in [0.5, 0.6) is 0 Å². The summed E-state index contributed by atoms with van der Waals surface area (Å²) < 4.78 is 19.4. The summed E-state index contributed by atoms with van der Waals surface area (Å²) in [6, 6.07) is -0.497. The first-order chi connectivity index (χ1) is 7.64. The third-order valence-electron chi connectivity index (χ3n) is 3.06. The number of piperidine rings is 1. The first-order valence-corrected chi connectivity index (χ1v) is 6.06. The number of halogens is 1. The lowest BCUT2D eigenvalue weighted by Crippen LogP contribution is -2.52. The molecule has 0 spiro atoms. The Hall–Kier alpha value is -0.840. The van der Waals surface area contributed by atoms with E-state index in [9.17, 15) is 9.18 Å². The second kappa shape index (κ2) is 4.80. The van der Waals surface area contributed by atoms with Gasteiger partial charge in [-0.2, -0.15) is 0 Å². The minimum absolute atomic E-state index is 0.282. The SMILES string of the molecule is CC(N)C1(F)CCN(C(=O)OC(C)(C)C)CC1. The summed E-state index contributed by atoms with van der Waals surface area (Å²) in [7, 11) is 0. The molecule has 5 heteroatoms. The van der Waals surface area contributed by atoms with Gasteiger partial charge in [-0.25, -0.2) is 9.18 Å². The predicted octanol–water partition coefficient (Wildman–Crippen LogP) is 2.07. The second-order valence-electron chi connectivity index (χ2n) is 5.79. The molecule has 0 saturated carbocycles. The second-order valence-corrected chi connectivity index (χ2v) is 5.79. The molecule has 1 amide bonds. The van der Waals surface area contributed by atoms with Crippen molar-refractivity contribution in [3.05, 3.63) is 0 Å². The molecule has 100 valence electrons. The molecule has 1 rings (SSSR count). The molecule has 1 fully saturated rings. The lowest BCUT2D eigenvalue weighted by atomic mass is 9.87. The third kappa shape index (κ3) is 3.84. The number of hydrogen-bond donors (Lipinski definition) is 1. The van der Waals surface area contributed by atoms with Crippen LogP contribution in [0.1, 0.15) is 40.5 Å². The van der Waals surface area contributed by atoms with E-state index in [2.05, 4.69) is 0 Å². The Morgan fingerprint density at radius 2 is 1.88 bits per heavy atom. The summed E-state index contributed by atoms with van der Waals surface area (Å²) in [5.74, 6) is 0. The van der Waals surface area contributed by atoms with E-state index >= 15 is 0 Å². The van der Waals surface area contributed by atoms with Crippen LogP contribution in [-0.4, -0.2) is 41.4 Å². The van der Waals surface area contributed by atoms with E-state index in [4.69, 9.17) is 10.5 Å². The molecular formula is C12H23FN2O2. The van der Waals surface area contributed by atoms with Crippen molar-refractivity contribution in [2.24, 2.45) is 5.73 Å². The summed E-state index contributed by atoms with van der Waals surface area (Å²) in [6.07, 6.45) is 0.192. The van der Waals surface area contributed by atoms with Crippen LogP contribution >= 0.6 is 0 Å². The van der Waals surface area contributed by atoms with E-state index in [0.29, 0.717) is 13.1 Å². The van der Waals surface area contributed by atoms with E-state index in [0.717, 1.165) is 0 Å². The first-order valence-electron chi connectivity index (χ1n) is 6.06. The Bertz CT molecular complexity index is 279. The monoisotopic (exact) mass is 246 g/mol. The maximum atomic E-state index is 14.2. The number of hydrogen-bond acceptors (Lipinski definition) is 3. The number of alkyl halides is 1. The Morgan fingerprint density at radius 1 is 1.41 bits per heavy atom. The van der Waals surface area contributed by atoms with Crippen LogP contribution in [0.4, 0.5) is 9.18 Å². The highest BCUT2D eigenvalue weighted by atomic mass is 19.1. The summed E-state index contributed by atoms with van der Waals surface area (Å²) in [5, 5.41) is 0. The molecule has 0 bridgehead atoms. The fourth-order valence-electron chi connectivity index (χ4n) is 1.84. The number of nitrogens with zero attached hydrogens (tertiary/aromatic N) is 1. The summed E-state index contributed by atoms with van der Waals surface area (Å²) >= 11 is 0. The van der Waals surface area contributed by atoms with Crippen molar-refractivity contribution in [2.45, 2.75) is 57.8 Å². The molecule has 1 aliphatic heterocycles. The van der Waals surface area contributed by atoms with Gasteiger partial charge >= 0.3 is 6.09 Å². The van der Waals surface area contributed by atoms with E-state index in [-0.39, 0.29) is 18.9 Å². The third-order valence-corrected chi connectivity index (χ3v) is 3.06. The number of rotatable bonds is 1. The average Bonchev–Trinajstić information content (AvgIpc) is 2.15.